The standard InChI is InChI=1S/C11H16F2N4S/c12-8-5-9(13)11(17-14)16-10(8)15-6-7-1-3-18-4-2-7/h5,7H,1-4,6,14H2,(H2,15,16,17). The number of hydrazine groups is 1. The second kappa shape index (κ2) is 6.19. The highest BCUT2D eigenvalue weighted by Gasteiger charge is 2.16. The number of anilines is 2. The van der Waals surface area contributed by atoms with Crippen LogP contribution in [0.3, 0.4) is 0 Å². The van der Waals surface area contributed by atoms with Crippen LogP contribution in [0.15, 0.2) is 6.07 Å². The molecule has 2 heterocycles. The van der Waals surface area contributed by atoms with Gasteiger partial charge in [-0.2, -0.15) is 11.8 Å². The lowest BCUT2D eigenvalue weighted by Gasteiger charge is -2.22. The molecule has 18 heavy (non-hydrogen) atoms. The highest BCUT2D eigenvalue weighted by molar-refractivity contribution is 7.99. The van der Waals surface area contributed by atoms with Crippen LogP contribution in [0, 0.1) is 17.6 Å². The first-order chi connectivity index (χ1) is 8.70. The molecule has 0 amide bonds. The van der Waals surface area contributed by atoms with E-state index in [1.54, 1.807) is 0 Å². The summed E-state index contributed by atoms with van der Waals surface area (Å²) in [7, 11) is 0. The van der Waals surface area contributed by atoms with Crippen LogP contribution in [-0.2, 0) is 0 Å². The number of hydrogen-bond acceptors (Lipinski definition) is 5. The lowest BCUT2D eigenvalue weighted by atomic mass is 10.0. The van der Waals surface area contributed by atoms with Crippen LogP contribution in [0.1, 0.15) is 12.8 Å². The zero-order valence-electron chi connectivity index (χ0n) is 9.88. The molecule has 0 atom stereocenters. The SMILES string of the molecule is NNc1nc(NCC2CCSCC2)c(F)cc1F. The number of nitrogens with zero attached hydrogens (tertiary/aromatic N) is 1. The van der Waals surface area contributed by atoms with E-state index in [1.807, 2.05) is 11.8 Å². The van der Waals surface area contributed by atoms with Gasteiger partial charge in [0.05, 0.1) is 0 Å². The Labute approximate surface area is 109 Å². The molecule has 4 nitrogen and oxygen atoms in total. The lowest BCUT2D eigenvalue weighted by molar-refractivity contribution is 0.512. The van der Waals surface area contributed by atoms with Crippen LogP contribution in [0.2, 0.25) is 0 Å². The highest BCUT2D eigenvalue weighted by Crippen LogP contribution is 2.24. The molecule has 7 heteroatoms. The molecule has 1 saturated heterocycles. The van der Waals surface area contributed by atoms with Gasteiger partial charge < -0.3 is 10.7 Å². The maximum Gasteiger partial charge on any atom is 0.178 e. The zero-order valence-corrected chi connectivity index (χ0v) is 10.7. The van der Waals surface area contributed by atoms with Crippen molar-refractivity contribution in [2.24, 2.45) is 11.8 Å². The Morgan fingerprint density at radius 2 is 1.94 bits per heavy atom. The average molecular weight is 274 g/mol. The van der Waals surface area contributed by atoms with Crippen molar-refractivity contribution >= 4 is 23.4 Å². The number of halogens is 2. The summed E-state index contributed by atoms with van der Waals surface area (Å²) in [4.78, 5) is 3.77. The second-order valence-corrected chi connectivity index (χ2v) is 5.45. The third-order valence-corrected chi connectivity index (χ3v) is 4.01. The van der Waals surface area contributed by atoms with Crippen molar-refractivity contribution in [2.75, 3.05) is 28.8 Å². The van der Waals surface area contributed by atoms with Gasteiger partial charge in [0, 0.05) is 12.6 Å². The number of rotatable bonds is 4. The largest absolute Gasteiger partial charge is 0.367 e. The fraction of sp³-hybridized carbons (Fsp3) is 0.545. The van der Waals surface area contributed by atoms with Crippen LogP contribution in [0.4, 0.5) is 20.4 Å². The quantitative estimate of drug-likeness (QED) is 0.580. The molecule has 100 valence electrons. The Bertz CT molecular complexity index is 410. The predicted molar refractivity (Wildman–Crippen MR) is 70.5 cm³/mol. The third kappa shape index (κ3) is 3.23. The van der Waals surface area contributed by atoms with Crippen LogP contribution in [-0.4, -0.2) is 23.0 Å². The van der Waals surface area contributed by atoms with Gasteiger partial charge in [0.2, 0.25) is 0 Å². The first-order valence-electron chi connectivity index (χ1n) is 5.85. The summed E-state index contributed by atoms with van der Waals surface area (Å²) >= 11 is 1.94. The van der Waals surface area contributed by atoms with E-state index in [-0.39, 0.29) is 11.6 Å². The maximum absolute atomic E-state index is 13.5. The topological polar surface area (TPSA) is 63.0 Å². The van der Waals surface area contributed by atoms with Gasteiger partial charge >= 0.3 is 0 Å². The smallest absolute Gasteiger partial charge is 0.178 e. The molecule has 2 rings (SSSR count). The van der Waals surface area contributed by atoms with Crippen LogP contribution < -0.4 is 16.6 Å². The average Bonchev–Trinajstić information content (AvgIpc) is 2.39. The molecule has 1 aliphatic heterocycles. The van der Waals surface area contributed by atoms with Gasteiger partial charge in [-0.05, 0) is 30.3 Å². The number of hydrogen-bond donors (Lipinski definition) is 3. The Hall–Kier alpha value is -1.08. The van der Waals surface area contributed by atoms with Crippen LogP contribution >= 0.6 is 11.8 Å². The first kappa shape index (κ1) is 13.4. The van der Waals surface area contributed by atoms with Gasteiger partial charge in [0.1, 0.15) is 0 Å². The number of pyridine rings is 1. The lowest BCUT2D eigenvalue weighted by Crippen LogP contribution is -2.21. The number of thioether (sulfide) groups is 1. The minimum absolute atomic E-state index is 0.0441. The summed E-state index contributed by atoms with van der Waals surface area (Å²) < 4.78 is 26.6. The molecule has 0 bridgehead atoms. The van der Waals surface area contributed by atoms with Crippen molar-refractivity contribution in [3.05, 3.63) is 17.7 Å². The Morgan fingerprint density at radius 3 is 2.61 bits per heavy atom. The van der Waals surface area contributed by atoms with E-state index in [1.165, 1.54) is 0 Å². The van der Waals surface area contributed by atoms with Crippen molar-refractivity contribution < 1.29 is 8.78 Å². The Kier molecular flexibility index (Phi) is 4.60. The molecule has 0 aliphatic carbocycles. The molecule has 0 aromatic carbocycles. The molecule has 0 saturated carbocycles. The molecular formula is C11H16F2N4S. The van der Waals surface area contributed by atoms with Gasteiger partial charge in [-0.1, -0.05) is 0 Å². The molecule has 4 N–H and O–H groups in total. The second-order valence-electron chi connectivity index (χ2n) is 4.23. The number of nitrogen functional groups attached to an aromatic ring is 1. The van der Waals surface area contributed by atoms with E-state index in [0.717, 1.165) is 30.4 Å². The maximum atomic E-state index is 13.5. The van der Waals surface area contributed by atoms with Crippen LogP contribution in [0.5, 0.6) is 0 Å². The molecule has 1 aliphatic rings. The van der Waals surface area contributed by atoms with E-state index in [4.69, 9.17) is 5.84 Å². The van der Waals surface area contributed by atoms with E-state index < -0.39 is 11.6 Å². The monoisotopic (exact) mass is 274 g/mol. The van der Waals surface area contributed by atoms with Gasteiger partial charge in [0.15, 0.2) is 23.3 Å². The molecule has 1 aromatic heterocycles. The first-order valence-corrected chi connectivity index (χ1v) is 7.00. The van der Waals surface area contributed by atoms with E-state index in [0.29, 0.717) is 12.5 Å². The fourth-order valence-electron chi connectivity index (χ4n) is 1.88. The van der Waals surface area contributed by atoms with E-state index >= 15 is 0 Å². The summed E-state index contributed by atoms with van der Waals surface area (Å²) in [6.07, 6.45) is 2.23. The molecular weight excluding hydrogens is 258 g/mol. The predicted octanol–water partition coefficient (Wildman–Crippen LogP) is 2.20. The van der Waals surface area contributed by atoms with Crippen LogP contribution in [0.25, 0.3) is 0 Å². The molecule has 1 fully saturated rings. The van der Waals surface area contributed by atoms with Gasteiger partial charge in [-0.3, -0.25) is 0 Å². The third-order valence-electron chi connectivity index (χ3n) is 2.97. The summed E-state index contributed by atoms with van der Waals surface area (Å²) in [5.74, 6) is 6.30. The molecule has 0 spiro atoms. The zero-order chi connectivity index (χ0) is 13.0. The van der Waals surface area contributed by atoms with Gasteiger partial charge in [-0.25, -0.2) is 19.6 Å². The molecule has 0 unspecified atom stereocenters. The van der Waals surface area contributed by atoms with Gasteiger partial charge in [-0.15, -0.1) is 0 Å². The summed E-state index contributed by atoms with van der Waals surface area (Å²) in [5.41, 5.74) is 2.10. The number of aromatic nitrogens is 1. The Morgan fingerprint density at radius 1 is 1.28 bits per heavy atom. The van der Waals surface area contributed by atoms with Crippen molar-refractivity contribution in [2.45, 2.75) is 12.8 Å². The molecule has 1 aromatic rings. The van der Waals surface area contributed by atoms with Gasteiger partial charge in [0.25, 0.3) is 0 Å². The minimum atomic E-state index is -0.797. The fourth-order valence-corrected chi connectivity index (χ4v) is 3.09. The van der Waals surface area contributed by atoms with E-state index in [2.05, 4.69) is 15.7 Å². The van der Waals surface area contributed by atoms with Crippen molar-refractivity contribution in [3.8, 4) is 0 Å². The Balaban J connectivity index is 1.99. The van der Waals surface area contributed by atoms with Crippen molar-refractivity contribution in [3.63, 3.8) is 0 Å². The summed E-state index contributed by atoms with van der Waals surface area (Å²) in [6, 6.07) is 0.779. The number of nitrogens with two attached hydrogens (primary N) is 1. The van der Waals surface area contributed by atoms with E-state index in [9.17, 15) is 8.78 Å². The highest BCUT2D eigenvalue weighted by atomic mass is 32.2. The summed E-state index contributed by atoms with van der Waals surface area (Å²) in [5, 5.41) is 2.93. The van der Waals surface area contributed by atoms with Crippen molar-refractivity contribution in [1.82, 2.24) is 4.98 Å². The minimum Gasteiger partial charge on any atom is -0.367 e. The molecule has 0 radical (unpaired) electrons. The normalized spacial score (nSPS) is 16.6. The number of nitrogens with one attached hydrogen (secondary N) is 2. The van der Waals surface area contributed by atoms with Crippen molar-refractivity contribution in [1.29, 1.82) is 0 Å². The summed E-state index contributed by atoms with van der Waals surface area (Å²) in [6.45, 7) is 0.653.